The van der Waals surface area contributed by atoms with E-state index in [2.05, 4.69) is 6.92 Å². The van der Waals surface area contributed by atoms with E-state index in [4.69, 9.17) is 4.74 Å². The molecule has 2 aliphatic carbocycles. The maximum Gasteiger partial charge on any atom is 0.338 e. The fraction of sp³-hybridized carbons (Fsp3) is 0.562. The van der Waals surface area contributed by atoms with Gasteiger partial charge < -0.3 is 4.74 Å². The number of hydrogen-bond donors (Lipinski definition) is 0. The maximum absolute atomic E-state index is 12.1. The average molecular weight is 246 g/mol. The fourth-order valence-corrected chi connectivity index (χ4v) is 2.57. The van der Waals surface area contributed by atoms with E-state index < -0.39 is 0 Å². The van der Waals surface area contributed by atoms with Crippen LogP contribution in [0.5, 0.6) is 0 Å². The molecule has 1 fully saturated rings. The van der Waals surface area contributed by atoms with Gasteiger partial charge in [0.2, 0.25) is 0 Å². The summed E-state index contributed by atoms with van der Waals surface area (Å²) in [6.45, 7) is 4.18. The predicted octanol–water partition coefficient (Wildman–Crippen LogP) is 4.09. The Bertz CT molecular complexity index is 407. The average Bonchev–Trinajstić information content (AvgIpc) is 2.65. The highest BCUT2D eigenvalue weighted by atomic mass is 16.6. The van der Waals surface area contributed by atoms with Crippen LogP contribution in [0.25, 0.3) is 0 Å². The van der Waals surface area contributed by atoms with Crippen molar-refractivity contribution in [1.82, 2.24) is 0 Å². The van der Waals surface area contributed by atoms with Crippen molar-refractivity contribution in [2.24, 2.45) is 0 Å². The van der Waals surface area contributed by atoms with Gasteiger partial charge in [-0.25, -0.2) is 4.79 Å². The van der Waals surface area contributed by atoms with Gasteiger partial charge in [0.1, 0.15) is 5.60 Å². The zero-order chi connectivity index (χ0) is 13.0. The Kier molecular flexibility index (Phi) is 4.05. The van der Waals surface area contributed by atoms with Crippen molar-refractivity contribution in [3.8, 4) is 0 Å². The van der Waals surface area contributed by atoms with Crippen molar-refractivity contribution in [1.29, 1.82) is 0 Å². The van der Waals surface area contributed by atoms with E-state index in [-0.39, 0.29) is 11.6 Å². The van der Waals surface area contributed by atoms with Crippen LogP contribution in [0.2, 0.25) is 0 Å². The summed E-state index contributed by atoms with van der Waals surface area (Å²) < 4.78 is 5.67. The van der Waals surface area contributed by atoms with Crippen LogP contribution < -0.4 is 0 Å². The molecule has 0 saturated heterocycles. The van der Waals surface area contributed by atoms with Crippen LogP contribution >= 0.6 is 0 Å². The van der Waals surface area contributed by atoms with Gasteiger partial charge in [-0.05, 0) is 51.5 Å². The van der Waals surface area contributed by atoms with Crippen LogP contribution in [0.1, 0.15) is 52.4 Å². The van der Waals surface area contributed by atoms with E-state index in [0.717, 1.165) is 25.7 Å². The number of carbonyl (C=O) groups is 1. The Morgan fingerprint density at radius 3 is 2.72 bits per heavy atom. The van der Waals surface area contributed by atoms with Crippen molar-refractivity contribution in [3.63, 3.8) is 0 Å². The topological polar surface area (TPSA) is 26.3 Å². The molecule has 0 aromatic heterocycles. The second-order valence-electron chi connectivity index (χ2n) is 5.45. The highest BCUT2D eigenvalue weighted by Crippen LogP contribution is 2.33. The molecule has 2 rings (SSSR count). The van der Waals surface area contributed by atoms with Gasteiger partial charge in [0, 0.05) is 0 Å². The van der Waals surface area contributed by atoms with Crippen LogP contribution in [0.3, 0.4) is 0 Å². The number of ether oxygens (including phenoxy) is 1. The lowest BCUT2D eigenvalue weighted by Gasteiger charge is -2.24. The molecule has 0 atom stereocenters. The fourth-order valence-electron chi connectivity index (χ4n) is 2.57. The van der Waals surface area contributed by atoms with Crippen molar-refractivity contribution < 1.29 is 9.53 Å². The number of rotatable bonds is 3. The molecule has 0 aliphatic heterocycles. The Morgan fingerprint density at radius 1 is 1.33 bits per heavy atom. The third-order valence-electron chi connectivity index (χ3n) is 3.87. The van der Waals surface area contributed by atoms with Crippen LogP contribution in [0.15, 0.2) is 35.5 Å². The monoisotopic (exact) mass is 246 g/mol. The minimum absolute atomic E-state index is 0.177. The SMILES string of the molecule is CCC1=CC=C(C(=O)OC2(C)CCCC2)C=CC1. The molecule has 0 unspecified atom stereocenters. The summed E-state index contributed by atoms with van der Waals surface area (Å²) in [6, 6.07) is 0. The molecule has 0 aromatic carbocycles. The highest BCUT2D eigenvalue weighted by Gasteiger charge is 2.33. The maximum atomic E-state index is 12.1. The summed E-state index contributed by atoms with van der Waals surface area (Å²) in [4.78, 5) is 12.1. The van der Waals surface area contributed by atoms with Gasteiger partial charge in [-0.2, -0.15) is 0 Å². The molecular formula is C16H22O2. The molecule has 0 N–H and O–H groups in total. The quantitative estimate of drug-likeness (QED) is 0.701. The molecule has 98 valence electrons. The molecule has 0 radical (unpaired) electrons. The van der Waals surface area contributed by atoms with E-state index in [1.165, 1.54) is 18.4 Å². The summed E-state index contributed by atoms with van der Waals surface area (Å²) in [5.74, 6) is -0.177. The first kappa shape index (κ1) is 13.1. The normalized spacial score (nSPS) is 22.1. The molecule has 1 saturated carbocycles. The second-order valence-corrected chi connectivity index (χ2v) is 5.45. The van der Waals surface area contributed by atoms with Gasteiger partial charge in [0.25, 0.3) is 0 Å². The lowest BCUT2D eigenvalue weighted by atomic mass is 10.1. The van der Waals surface area contributed by atoms with Gasteiger partial charge in [-0.1, -0.05) is 30.7 Å². The number of hydrogen-bond acceptors (Lipinski definition) is 2. The molecule has 2 aliphatic rings. The van der Waals surface area contributed by atoms with E-state index >= 15 is 0 Å². The largest absolute Gasteiger partial charge is 0.456 e. The van der Waals surface area contributed by atoms with E-state index in [9.17, 15) is 4.79 Å². The third kappa shape index (κ3) is 3.12. The summed E-state index contributed by atoms with van der Waals surface area (Å²) in [7, 11) is 0. The Morgan fingerprint density at radius 2 is 2.06 bits per heavy atom. The number of esters is 1. The summed E-state index contributed by atoms with van der Waals surface area (Å²) in [5, 5.41) is 0. The van der Waals surface area contributed by atoms with Crippen LogP contribution in [0, 0.1) is 0 Å². The zero-order valence-corrected chi connectivity index (χ0v) is 11.4. The zero-order valence-electron chi connectivity index (χ0n) is 11.4. The standard InChI is InChI=1S/C16H22O2/c1-3-13-7-6-8-14(10-9-13)15(17)18-16(2)11-4-5-12-16/h6,8-10H,3-5,7,11-12H2,1-2H3. The first-order valence-electron chi connectivity index (χ1n) is 6.92. The number of allylic oxidation sites excluding steroid dienone is 4. The van der Waals surface area contributed by atoms with Crippen LogP contribution in [-0.4, -0.2) is 11.6 Å². The molecule has 0 heterocycles. The molecule has 18 heavy (non-hydrogen) atoms. The van der Waals surface area contributed by atoms with Gasteiger partial charge in [-0.3, -0.25) is 0 Å². The van der Waals surface area contributed by atoms with Gasteiger partial charge in [-0.15, -0.1) is 0 Å². The number of carbonyl (C=O) groups excluding carboxylic acids is 1. The molecule has 0 aromatic rings. The first-order chi connectivity index (χ1) is 8.63. The van der Waals surface area contributed by atoms with Crippen LogP contribution in [0.4, 0.5) is 0 Å². The van der Waals surface area contributed by atoms with Crippen molar-refractivity contribution in [2.75, 3.05) is 0 Å². The Balaban J connectivity index is 2.05. The Hall–Kier alpha value is -1.31. The van der Waals surface area contributed by atoms with Crippen LogP contribution in [-0.2, 0) is 9.53 Å². The minimum Gasteiger partial charge on any atom is -0.456 e. The molecule has 0 spiro atoms. The van der Waals surface area contributed by atoms with Crippen molar-refractivity contribution in [3.05, 3.63) is 35.5 Å². The lowest BCUT2D eigenvalue weighted by Crippen LogP contribution is -2.28. The minimum atomic E-state index is -0.241. The lowest BCUT2D eigenvalue weighted by molar-refractivity contribution is -0.152. The summed E-state index contributed by atoms with van der Waals surface area (Å²) >= 11 is 0. The highest BCUT2D eigenvalue weighted by molar-refractivity contribution is 5.92. The van der Waals surface area contributed by atoms with Crippen molar-refractivity contribution >= 4 is 5.97 Å². The van der Waals surface area contributed by atoms with E-state index in [0.29, 0.717) is 5.57 Å². The van der Waals surface area contributed by atoms with E-state index in [1.54, 1.807) is 0 Å². The Labute approximate surface area is 109 Å². The van der Waals surface area contributed by atoms with Gasteiger partial charge in [0.15, 0.2) is 0 Å². The molecule has 2 heteroatoms. The third-order valence-corrected chi connectivity index (χ3v) is 3.87. The molecule has 0 amide bonds. The predicted molar refractivity (Wildman–Crippen MR) is 73.2 cm³/mol. The molecule has 2 nitrogen and oxygen atoms in total. The van der Waals surface area contributed by atoms with Gasteiger partial charge in [0.05, 0.1) is 5.57 Å². The van der Waals surface area contributed by atoms with E-state index in [1.807, 2.05) is 31.2 Å². The summed E-state index contributed by atoms with van der Waals surface area (Å²) in [5.41, 5.74) is 1.78. The second kappa shape index (κ2) is 5.55. The van der Waals surface area contributed by atoms with Crippen molar-refractivity contribution in [2.45, 2.75) is 58.0 Å². The molecule has 0 bridgehead atoms. The van der Waals surface area contributed by atoms with Gasteiger partial charge >= 0.3 is 5.97 Å². The molecular weight excluding hydrogens is 224 g/mol. The first-order valence-corrected chi connectivity index (χ1v) is 6.92. The smallest absolute Gasteiger partial charge is 0.338 e. The summed E-state index contributed by atoms with van der Waals surface area (Å²) in [6.07, 6.45) is 14.2.